The summed E-state index contributed by atoms with van der Waals surface area (Å²) in [4.78, 5) is 3.97. The van der Waals surface area contributed by atoms with Crippen LogP contribution in [-0.2, 0) is 0 Å². The maximum atomic E-state index is 6.11. The highest BCUT2D eigenvalue weighted by molar-refractivity contribution is 6.29. The lowest BCUT2D eigenvalue weighted by molar-refractivity contribution is 0.415. The number of hydrogen-bond donors (Lipinski definition) is 0. The number of hydrogen-bond acceptors (Lipinski definition) is 4. The Hall–Kier alpha value is -2.14. The zero-order chi connectivity index (χ0) is 12.5. The van der Waals surface area contributed by atoms with Crippen LogP contribution in [0, 0.1) is 0 Å². The number of nitrogens with zero attached hydrogens (tertiary/aromatic N) is 4. The summed E-state index contributed by atoms with van der Waals surface area (Å²) in [5.74, 6) is 1.47. The summed E-state index contributed by atoms with van der Waals surface area (Å²) < 4.78 is 6.87. The van der Waals surface area contributed by atoms with E-state index in [-0.39, 0.29) is 0 Å². The molecule has 0 saturated heterocycles. The molecule has 0 aliphatic heterocycles. The molecule has 0 atom stereocenters. The van der Waals surface area contributed by atoms with Crippen molar-refractivity contribution in [2.45, 2.75) is 0 Å². The van der Waals surface area contributed by atoms with Gasteiger partial charge < -0.3 is 4.74 Å². The van der Waals surface area contributed by atoms with Crippen LogP contribution >= 0.6 is 11.6 Å². The van der Waals surface area contributed by atoms with Crippen molar-refractivity contribution in [3.05, 3.63) is 41.8 Å². The van der Waals surface area contributed by atoms with Gasteiger partial charge in [-0.1, -0.05) is 11.6 Å². The first-order valence-electron chi connectivity index (χ1n) is 5.28. The van der Waals surface area contributed by atoms with Crippen molar-refractivity contribution in [3.8, 4) is 17.1 Å². The van der Waals surface area contributed by atoms with Gasteiger partial charge in [0.2, 0.25) is 0 Å². The molecule has 3 aromatic rings. The Morgan fingerprint density at radius 1 is 1.11 bits per heavy atom. The zero-order valence-corrected chi connectivity index (χ0v) is 10.3. The Morgan fingerprint density at radius 3 is 2.61 bits per heavy atom. The summed E-state index contributed by atoms with van der Waals surface area (Å²) in [5, 5.41) is 8.64. The van der Waals surface area contributed by atoms with Gasteiger partial charge in [-0.2, -0.15) is 0 Å². The van der Waals surface area contributed by atoms with Crippen LogP contribution in [-0.4, -0.2) is 26.7 Å². The van der Waals surface area contributed by atoms with Gasteiger partial charge in [0, 0.05) is 5.56 Å². The molecule has 6 heteroatoms. The van der Waals surface area contributed by atoms with Gasteiger partial charge in [-0.25, -0.2) is 0 Å². The van der Waals surface area contributed by atoms with Gasteiger partial charge >= 0.3 is 0 Å². The molecule has 0 radical (unpaired) electrons. The Labute approximate surface area is 108 Å². The van der Waals surface area contributed by atoms with Crippen LogP contribution in [0.4, 0.5) is 0 Å². The molecule has 5 nitrogen and oxygen atoms in total. The molecule has 0 N–H and O–H groups in total. The zero-order valence-electron chi connectivity index (χ0n) is 9.54. The normalized spacial score (nSPS) is 10.8. The van der Waals surface area contributed by atoms with Crippen molar-refractivity contribution in [1.29, 1.82) is 0 Å². The summed E-state index contributed by atoms with van der Waals surface area (Å²) in [7, 11) is 1.63. The van der Waals surface area contributed by atoms with E-state index in [1.807, 2.05) is 24.3 Å². The fourth-order valence-electron chi connectivity index (χ4n) is 1.74. The highest BCUT2D eigenvalue weighted by Gasteiger charge is 2.10. The topological polar surface area (TPSA) is 52.3 Å². The van der Waals surface area contributed by atoms with Crippen molar-refractivity contribution < 1.29 is 4.74 Å². The van der Waals surface area contributed by atoms with E-state index in [2.05, 4.69) is 15.2 Å². The lowest BCUT2D eigenvalue weighted by Crippen LogP contribution is -1.92. The van der Waals surface area contributed by atoms with E-state index in [1.54, 1.807) is 23.9 Å². The molecule has 0 aliphatic rings. The van der Waals surface area contributed by atoms with Gasteiger partial charge in [0.05, 0.1) is 19.5 Å². The van der Waals surface area contributed by atoms with E-state index in [0.29, 0.717) is 16.6 Å². The first-order valence-corrected chi connectivity index (χ1v) is 5.66. The highest BCUT2D eigenvalue weighted by Crippen LogP contribution is 2.23. The van der Waals surface area contributed by atoms with Gasteiger partial charge in [-0.15, -0.1) is 10.2 Å². The van der Waals surface area contributed by atoms with E-state index in [4.69, 9.17) is 16.3 Å². The van der Waals surface area contributed by atoms with E-state index in [9.17, 15) is 0 Å². The molecule has 0 aliphatic carbocycles. The van der Waals surface area contributed by atoms with Gasteiger partial charge in [-0.05, 0) is 24.3 Å². The fraction of sp³-hybridized carbons (Fsp3) is 0.0833. The number of methoxy groups -OCH3 is 1. The largest absolute Gasteiger partial charge is 0.497 e. The van der Waals surface area contributed by atoms with Crippen molar-refractivity contribution >= 4 is 17.2 Å². The molecule has 1 aromatic carbocycles. The van der Waals surface area contributed by atoms with Crippen LogP contribution in [0.15, 0.2) is 36.7 Å². The van der Waals surface area contributed by atoms with Crippen molar-refractivity contribution in [1.82, 2.24) is 19.6 Å². The second kappa shape index (κ2) is 4.27. The number of benzene rings is 1. The third-order valence-corrected chi connectivity index (χ3v) is 2.89. The Bertz CT molecular complexity index is 693. The van der Waals surface area contributed by atoms with Crippen molar-refractivity contribution in [2.75, 3.05) is 7.11 Å². The van der Waals surface area contributed by atoms with Crippen LogP contribution in [0.5, 0.6) is 5.75 Å². The molecule has 0 unspecified atom stereocenters. The second-order valence-electron chi connectivity index (χ2n) is 3.68. The third-order valence-electron chi connectivity index (χ3n) is 2.62. The molecule has 90 valence electrons. The summed E-state index contributed by atoms with van der Waals surface area (Å²) in [6.45, 7) is 0. The predicted molar refractivity (Wildman–Crippen MR) is 67.8 cm³/mol. The Kier molecular flexibility index (Phi) is 2.60. The van der Waals surface area contributed by atoms with Crippen LogP contribution in [0.25, 0.3) is 17.0 Å². The van der Waals surface area contributed by atoms with E-state index >= 15 is 0 Å². The van der Waals surface area contributed by atoms with Gasteiger partial charge in [0.15, 0.2) is 11.5 Å². The molecule has 0 spiro atoms. The molecule has 2 aromatic heterocycles. The second-order valence-corrected chi connectivity index (χ2v) is 4.06. The predicted octanol–water partition coefficient (Wildman–Crippen LogP) is 2.45. The fourth-order valence-corrected chi connectivity index (χ4v) is 1.96. The van der Waals surface area contributed by atoms with E-state index < -0.39 is 0 Å². The van der Waals surface area contributed by atoms with Crippen LogP contribution in [0.1, 0.15) is 0 Å². The first-order chi connectivity index (χ1) is 8.79. The van der Waals surface area contributed by atoms with Gasteiger partial charge in [0.1, 0.15) is 10.9 Å². The lowest BCUT2D eigenvalue weighted by atomic mass is 10.2. The quantitative estimate of drug-likeness (QED) is 0.710. The van der Waals surface area contributed by atoms with Crippen LogP contribution < -0.4 is 4.74 Å². The van der Waals surface area contributed by atoms with Crippen molar-refractivity contribution in [2.24, 2.45) is 0 Å². The minimum absolute atomic E-state index is 0.475. The summed E-state index contributed by atoms with van der Waals surface area (Å²) in [6.07, 6.45) is 3.18. The molecule has 0 fully saturated rings. The Morgan fingerprint density at radius 2 is 1.89 bits per heavy atom. The molecular weight excluding hydrogens is 252 g/mol. The SMILES string of the molecule is COc1ccc(-c2nnc3cncc(Cl)n23)cc1. The Balaban J connectivity index is 2.18. The maximum absolute atomic E-state index is 6.11. The molecular formula is C12H9ClN4O. The average molecular weight is 261 g/mol. The number of rotatable bonds is 2. The molecule has 18 heavy (non-hydrogen) atoms. The van der Waals surface area contributed by atoms with Crippen LogP contribution in [0.2, 0.25) is 5.15 Å². The van der Waals surface area contributed by atoms with Crippen molar-refractivity contribution in [3.63, 3.8) is 0 Å². The molecule has 0 bridgehead atoms. The average Bonchev–Trinajstić information content (AvgIpc) is 2.84. The van der Waals surface area contributed by atoms with E-state index in [0.717, 1.165) is 11.3 Å². The molecule has 2 heterocycles. The summed E-state index contributed by atoms with van der Waals surface area (Å²) in [5.41, 5.74) is 1.53. The number of halogens is 1. The van der Waals surface area contributed by atoms with Gasteiger partial charge in [-0.3, -0.25) is 9.38 Å². The minimum Gasteiger partial charge on any atom is -0.497 e. The first kappa shape index (κ1) is 11.0. The smallest absolute Gasteiger partial charge is 0.180 e. The standard InChI is InChI=1S/C12H9ClN4O/c1-18-9-4-2-8(3-5-9)12-16-15-11-7-14-6-10(13)17(11)12/h2-7H,1H3. The molecule has 0 amide bonds. The number of ether oxygens (including phenoxy) is 1. The monoisotopic (exact) mass is 260 g/mol. The van der Waals surface area contributed by atoms with Gasteiger partial charge in [0.25, 0.3) is 0 Å². The third kappa shape index (κ3) is 1.69. The van der Waals surface area contributed by atoms with E-state index in [1.165, 1.54) is 0 Å². The molecule has 3 rings (SSSR count). The highest BCUT2D eigenvalue weighted by atomic mass is 35.5. The molecule has 0 saturated carbocycles. The number of aromatic nitrogens is 4. The summed E-state index contributed by atoms with van der Waals surface area (Å²) in [6, 6.07) is 7.55. The van der Waals surface area contributed by atoms with Crippen LogP contribution in [0.3, 0.4) is 0 Å². The summed E-state index contributed by atoms with van der Waals surface area (Å²) >= 11 is 6.11. The number of fused-ring (bicyclic) bond motifs is 1. The minimum atomic E-state index is 0.475. The maximum Gasteiger partial charge on any atom is 0.180 e. The lowest BCUT2D eigenvalue weighted by Gasteiger charge is -2.03.